The number of hydrogen-bond donors (Lipinski definition) is 1. The molecule has 0 bridgehead atoms. The molecular formula is C26H29ClN6O3S. The van der Waals surface area contributed by atoms with E-state index in [2.05, 4.69) is 39.4 Å². The van der Waals surface area contributed by atoms with Crippen LogP contribution in [-0.4, -0.2) is 67.5 Å². The zero-order valence-corrected chi connectivity index (χ0v) is 22.4. The predicted octanol–water partition coefficient (Wildman–Crippen LogP) is 4.12. The summed E-state index contributed by atoms with van der Waals surface area (Å²) in [5.41, 5.74) is 4.76. The maximum Gasteiger partial charge on any atom is 0.325 e. The van der Waals surface area contributed by atoms with Crippen LogP contribution in [0.2, 0.25) is 5.02 Å². The van der Waals surface area contributed by atoms with Gasteiger partial charge >= 0.3 is 6.01 Å². The van der Waals surface area contributed by atoms with Crippen LogP contribution >= 0.6 is 11.6 Å². The lowest BCUT2D eigenvalue weighted by molar-refractivity contribution is 0.385. The molecule has 0 unspecified atom stereocenters. The summed E-state index contributed by atoms with van der Waals surface area (Å²) in [6, 6.07) is 5.89. The molecule has 9 nitrogen and oxygen atoms in total. The van der Waals surface area contributed by atoms with Crippen molar-refractivity contribution in [1.82, 2.24) is 14.3 Å². The third-order valence-corrected chi connectivity index (χ3v) is 8.82. The van der Waals surface area contributed by atoms with Gasteiger partial charge in [-0.1, -0.05) is 29.3 Å². The molecule has 2 aromatic rings. The normalized spacial score (nSPS) is 19.9. The van der Waals surface area contributed by atoms with E-state index in [-0.39, 0.29) is 6.01 Å². The maximum atomic E-state index is 12.0. The molecule has 0 radical (unpaired) electrons. The quantitative estimate of drug-likeness (QED) is 0.588. The SMILES string of the molecule is CC1=Cc2c(ccc(Oc3nc(NC4=NCC(C5CC5)=C4)cc(N4CCN(S(C)(=O)=O)CC4)n3)c2Cl)C1. The first-order valence-corrected chi connectivity index (χ1v) is 14.7. The molecule has 0 spiro atoms. The summed E-state index contributed by atoms with van der Waals surface area (Å²) in [7, 11) is -3.23. The highest BCUT2D eigenvalue weighted by Gasteiger charge is 2.29. The van der Waals surface area contributed by atoms with Crippen molar-refractivity contribution in [2.75, 3.05) is 49.2 Å². The van der Waals surface area contributed by atoms with Gasteiger partial charge in [0.2, 0.25) is 10.0 Å². The molecule has 0 amide bonds. The number of halogens is 1. The van der Waals surface area contributed by atoms with Gasteiger partial charge in [0.05, 0.1) is 17.8 Å². The van der Waals surface area contributed by atoms with E-state index in [4.69, 9.17) is 16.3 Å². The number of benzene rings is 1. The number of hydrogen-bond acceptors (Lipinski definition) is 8. The third kappa shape index (κ3) is 5.23. The second-order valence-corrected chi connectivity index (χ2v) is 12.4. The van der Waals surface area contributed by atoms with Crippen molar-refractivity contribution < 1.29 is 13.2 Å². The van der Waals surface area contributed by atoms with E-state index in [1.807, 2.05) is 23.1 Å². The van der Waals surface area contributed by atoms with Gasteiger partial charge in [-0.15, -0.1) is 0 Å². The van der Waals surface area contributed by atoms with Crippen LogP contribution in [0.25, 0.3) is 6.08 Å². The molecule has 1 saturated carbocycles. The lowest BCUT2D eigenvalue weighted by Gasteiger charge is -2.34. The van der Waals surface area contributed by atoms with Crippen molar-refractivity contribution in [2.45, 2.75) is 26.2 Å². The topological polar surface area (TPSA) is 100 Å². The lowest BCUT2D eigenvalue weighted by atomic mass is 10.1. The average molecular weight is 541 g/mol. The molecule has 194 valence electrons. The second kappa shape index (κ2) is 9.41. The molecule has 1 N–H and O–H groups in total. The molecule has 1 aromatic heterocycles. The average Bonchev–Trinajstić information content (AvgIpc) is 3.49. The first-order chi connectivity index (χ1) is 17.7. The van der Waals surface area contributed by atoms with Crippen molar-refractivity contribution in [2.24, 2.45) is 10.9 Å². The summed E-state index contributed by atoms with van der Waals surface area (Å²) in [5.74, 6) is 3.14. The summed E-state index contributed by atoms with van der Waals surface area (Å²) in [6.45, 7) is 4.62. The molecule has 2 aliphatic heterocycles. The highest BCUT2D eigenvalue weighted by molar-refractivity contribution is 7.88. The summed E-state index contributed by atoms with van der Waals surface area (Å²) in [6.07, 6.45) is 8.78. The van der Waals surface area contributed by atoms with Gasteiger partial charge in [0.25, 0.3) is 0 Å². The number of nitrogens with one attached hydrogen (secondary N) is 1. The van der Waals surface area contributed by atoms with Crippen molar-refractivity contribution in [3.8, 4) is 11.8 Å². The van der Waals surface area contributed by atoms with E-state index in [1.165, 1.54) is 40.1 Å². The van der Waals surface area contributed by atoms with Gasteiger partial charge in [-0.3, -0.25) is 4.99 Å². The Labute approximate surface area is 222 Å². The Morgan fingerprint density at radius 1 is 1.11 bits per heavy atom. The number of aliphatic imine (C=N–C) groups is 1. The van der Waals surface area contributed by atoms with E-state index in [1.54, 1.807) is 0 Å². The Morgan fingerprint density at radius 3 is 2.62 bits per heavy atom. The van der Waals surface area contributed by atoms with Crippen LogP contribution in [0.15, 0.2) is 40.4 Å². The fourth-order valence-electron chi connectivity index (χ4n) is 4.98. The zero-order chi connectivity index (χ0) is 25.7. The van der Waals surface area contributed by atoms with Crippen molar-refractivity contribution in [3.63, 3.8) is 0 Å². The van der Waals surface area contributed by atoms with Gasteiger partial charge in [-0.25, -0.2) is 8.42 Å². The van der Waals surface area contributed by atoms with E-state index in [0.29, 0.717) is 54.5 Å². The number of allylic oxidation sites excluding steroid dienone is 1. The van der Waals surface area contributed by atoms with Crippen LogP contribution in [-0.2, 0) is 16.4 Å². The smallest absolute Gasteiger partial charge is 0.325 e. The number of sulfonamides is 1. The fraction of sp³-hybridized carbons (Fsp3) is 0.423. The van der Waals surface area contributed by atoms with Crippen LogP contribution in [0.1, 0.15) is 30.9 Å². The summed E-state index contributed by atoms with van der Waals surface area (Å²) < 4.78 is 31.5. The van der Waals surface area contributed by atoms with Crippen molar-refractivity contribution in [1.29, 1.82) is 0 Å². The molecule has 37 heavy (non-hydrogen) atoms. The minimum Gasteiger partial charge on any atom is -0.423 e. The number of ether oxygens (including phenoxy) is 1. The first kappa shape index (κ1) is 24.4. The largest absolute Gasteiger partial charge is 0.423 e. The maximum absolute atomic E-state index is 12.0. The van der Waals surface area contributed by atoms with Gasteiger partial charge in [-0.05, 0) is 55.4 Å². The van der Waals surface area contributed by atoms with E-state index in [9.17, 15) is 8.42 Å². The van der Waals surface area contributed by atoms with Crippen molar-refractivity contribution in [3.05, 3.63) is 51.6 Å². The lowest BCUT2D eigenvalue weighted by Crippen LogP contribution is -2.48. The Bertz CT molecular complexity index is 1460. The molecule has 1 saturated heterocycles. The fourth-order valence-corrected chi connectivity index (χ4v) is 6.09. The standard InChI is InChI=1S/C26H29ClN6O3S/c1-16-11-18-5-6-21(25(27)20(18)12-16)36-26-30-23(29-22-13-19(15-28-22)17-3-4-17)14-24(31-26)32-7-9-33(10-8-32)37(2,34)35/h5-6,12-14,17H,3-4,7-11,15H2,1-2H3,(H,28,29,30,31). The Balaban J connectivity index is 1.29. The summed E-state index contributed by atoms with van der Waals surface area (Å²) >= 11 is 6.71. The van der Waals surface area contributed by atoms with Gasteiger partial charge in [0.15, 0.2) is 0 Å². The number of rotatable bonds is 6. The van der Waals surface area contributed by atoms with E-state index >= 15 is 0 Å². The molecule has 2 fully saturated rings. The molecule has 11 heteroatoms. The molecule has 4 aliphatic rings. The molecular weight excluding hydrogens is 512 g/mol. The number of piperazine rings is 1. The highest BCUT2D eigenvalue weighted by atomic mass is 35.5. The molecule has 1 aromatic carbocycles. The van der Waals surface area contributed by atoms with E-state index < -0.39 is 10.0 Å². The number of nitrogens with zero attached hydrogens (tertiary/aromatic N) is 5. The molecule has 0 atom stereocenters. The summed E-state index contributed by atoms with van der Waals surface area (Å²) in [5, 5.41) is 3.86. The van der Waals surface area contributed by atoms with Crippen LogP contribution in [0.3, 0.4) is 0 Å². The van der Waals surface area contributed by atoms with Crippen LogP contribution in [0.4, 0.5) is 11.6 Å². The number of anilines is 2. The summed E-state index contributed by atoms with van der Waals surface area (Å²) in [4.78, 5) is 16.0. The molecule has 2 aliphatic carbocycles. The second-order valence-electron chi connectivity index (χ2n) is 10.1. The minimum absolute atomic E-state index is 0.163. The molecule has 6 rings (SSSR count). The Kier molecular flexibility index (Phi) is 6.21. The Hall–Kier alpha value is -2.95. The number of fused-ring (bicyclic) bond motifs is 1. The van der Waals surface area contributed by atoms with Gasteiger partial charge in [-0.2, -0.15) is 14.3 Å². The highest BCUT2D eigenvalue weighted by Crippen LogP contribution is 2.39. The molecule has 3 heterocycles. The van der Waals surface area contributed by atoms with Crippen LogP contribution < -0.4 is 15.0 Å². The predicted molar refractivity (Wildman–Crippen MR) is 146 cm³/mol. The zero-order valence-electron chi connectivity index (χ0n) is 20.9. The van der Waals surface area contributed by atoms with Crippen molar-refractivity contribution >= 4 is 45.2 Å². The Morgan fingerprint density at radius 2 is 1.89 bits per heavy atom. The monoisotopic (exact) mass is 540 g/mol. The number of aromatic nitrogens is 2. The third-order valence-electron chi connectivity index (χ3n) is 7.13. The van der Waals surface area contributed by atoms with Crippen LogP contribution in [0.5, 0.6) is 11.8 Å². The number of amidine groups is 1. The first-order valence-electron chi connectivity index (χ1n) is 12.5. The minimum atomic E-state index is -3.23. The van der Waals surface area contributed by atoms with Gasteiger partial charge in [0, 0.05) is 37.8 Å². The van der Waals surface area contributed by atoms with Crippen LogP contribution in [0, 0.1) is 5.92 Å². The van der Waals surface area contributed by atoms with Gasteiger partial charge in [0.1, 0.15) is 23.2 Å². The van der Waals surface area contributed by atoms with Gasteiger partial charge < -0.3 is 15.0 Å². The van der Waals surface area contributed by atoms with E-state index in [0.717, 1.165) is 24.4 Å².